The van der Waals surface area contributed by atoms with E-state index in [1.54, 1.807) is 5.38 Å². The van der Waals surface area contributed by atoms with Crippen molar-refractivity contribution in [2.45, 2.75) is 0 Å². The molecule has 82 valence electrons. The van der Waals surface area contributed by atoms with Crippen molar-refractivity contribution in [3.05, 3.63) is 11.6 Å². The van der Waals surface area contributed by atoms with Crippen molar-refractivity contribution in [1.82, 2.24) is 4.98 Å². The Hall–Kier alpha value is -1.28. The number of carbonyl (C=O) groups excluding carboxylic acids is 1. The van der Waals surface area contributed by atoms with Crippen LogP contribution in [0.4, 0.5) is 5.13 Å². The molecule has 0 saturated carbocycles. The van der Waals surface area contributed by atoms with Crippen molar-refractivity contribution in [3.8, 4) is 0 Å². The smallest absolute Gasteiger partial charge is 0.316 e. The van der Waals surface area contributed by atoms with Crippen molar-refractivity contribution in [2.75, 3.05) is 16.8 Å². The highest BCUT2D eigenvalue weighted by Crippen LogP contribution is 2.09. The van der Waals surface area contributed by atoms with Crippen molar-refractivity contribution in [3.63, 3.8) is 0 Å². The van der Waals surface area contributed by atoms with Gasteiger partial charge in [-0.3, -0.25) is 13.8 Å². The van der Waals surface area contributed by atoms with Crippen LogP contribution in [0.15, 0.2) is 11.6 Å². The van der Waals surface area contributed by atoms with Gasteiger partial charge >= 0.3 is 5.97 Å². The van der Waals surface area contributed by atoms with E-state index in [9.17, 15) is 13.8 Å². The van der Waals surface area contributed by atoms with Crippen LogP contribution in [-0.4, -0.2) is 37.7 Å². The number of anilines is 1. The summed E-state index contributed by atoms with van der Waals surface area (Å²) in [7, 11) is -1.68. The number of carboxylic acids is 1. The quantitative estimate of drug-likeness (QED) is 0.759. The number of nitrogens with one attached hydrogen (secondary N) is 1. The lowest BCUT2D eigenvalue weighted by Crippen LogP contribution is -2.23. The molecule has 0 aromatic carbocycles. The Morgan fingerprint density at radius 1 is 1.53 bits per heavy atom. The topological polar surface area (TPSA) is 96.4 Å². The minimum Gasteiger partial charge on any atom is -0.481 e. The van der Waals surface area contributed by atoms with Crippen LogP contribution < -0.4 is 5.32 Å². The van der Waals surface area contributed by atoms with Crippen LogP contribution in [0.5, 0.6) is 0 Å². The Morgan fingerprint density at radius 2 is 2.27 bits per heavy atom. The molecule has 1 amide bonds. The standard InChI is InChI=1S/C7H8N2O4S2/c10-5(3-15(13)4-6(11)12)9-7-8-1-2-14-7/h1-2H,3-4H2,(H,11,12)(H,8,9,10). The number of aromatic nitrogens is 1. The Balaban J connectivity index is 2.36. The van der Waals surface area contributed by atoms with Gasteiger partial charge in [-0.25, -0.2) is 4.98 Å². The third-order valence-corrected chi connectivity index (χ3v) is 3.10. The fourth-order valence-corrected chi connectivity index (χ4v) is 2.06. The van der Waals surface area contributed by atoms with E-state index in [0.29, 0.717) is 5.13 Å². The van der Waals surface area contributed by atoms with Gasteiger partial charge in [0.15, 0.2) is 5.13 Å². The number of thiazole rings is 1. The van der Waals surface area contributed by atoms with E-state index in [1.807, 2.05) is 0 Å². The lowest BCUT2D eigenvalue weighted by atomic mass is 10.7. The fraction of sp³-hybridized carbons (Fsp3) is 0.286. The van der Waals surface area contributed by atoms with Gasteiger partial charge in [0.1, 0.15) is 11.5 Å². The molecular formula is C7H8N2O4S2. The zero-order chi connectivity index (χ0) is 11.3. The zero-order valence-electron chi connectivity index (χ0n) is 7.50. The minimum absolute atomic E-state index is 0.328. The van der Waals surface area contributed by atoms with E-state index < -0.39 is 28.4 Å². The molecular weight excluding hydrogens is 240 g/mol. The van der Waals surface area contributed by atoms with Crippen LogP contribution >= 0.6 is 11.3 Å². The molecule has 1 unspecified atom stereocenters. The number of amides is 1. The van der Waals surface area contributed by atoms with Gasteiger partial charge in [0.2, 0.25) is 5.91 Å². The molecule has 0 saturated heterocycles. The second-order valence-electron chi connectivity index (χ2n) is 2.51. The third kappa shape index (κ3) is 4.66. The first kappa shape index (κ1) is 11.8. The van der Waals surface area contributed by atoms with Crippen LogP contribution in [0.1, 0.15) is 0 Å². The number of aliphatic carboxylic acids is 1. The Bertz CT molecular complexity index is 376. The van der Waals surface area contributed by atoms with E-state index in [2.05, 4.69) is 10.3 Å². The van der Waals surface area contributed by atoms with Crippen molar-refractivity contribution < 1.29 is 18.9 Å². The first-order valence-electron chi connectivity index (χ1n) is 3.84. The summed E-state index contributed by atoms with van der Waals surface area (Å²) in [4.78, 5) is 25.1. The van der Waals surface area contributed by atoms with Crippen LogP contribution in [-0.2, 0) is 20.4 Å². The molecule has 0 aliphatic carbocycles. The van der Waals surface area contributed by atoms with Gasteiger partial charge in [-0.2, -0.15) is 0 Å². The molecule has 0 spiro atoms. The Morgan fingerprint density at radius 3 is 2.80 bits per heavy atom. The van der Waals surface area contributed by atoms with Gasteiger partial charge in [0.25, 0.3) is 0 Å². The number of hydrogen-bond acceptors (Lipinski definition) is 5. The molecule has 6 nitrogen and oxygen atoms in total. The van der Waals surface area contributed by atoms with E-state index in [4.69, 9.17) is 5.11 Å². The van der Waals surface area contributed by atoms with Gasteiger partial charge in [-0.1, -0.05) is 0 Å². The van der Waals surface area contributed by atoms with Crippen LogP contribution in [0.25, 0.3) is 0 Å². The number of carboxylic acid groups (broad SMARTS) is 1. The van der Waals surface area contributed by atoms with Gasteiger partial charge in [-0.15, -0.1) is 11.3 Å². The van der Waals surface area contributed by atoms with Gasteiger partial charge < -0.3 is 10.4 Å². The highest BCUT2D eigenvalue weighted by molar-refractivity contribution is 7.86. The summed E-state index contributed by atoms with van der Waals surface area (Å²) in [5, 5.41) is 12.8. The fourth-order valence-electron chi connectivity index (χ4n) is 0.775. The largest absolute Gasteiger partial charge is 0.481 e. The van der Waals surface area contributed by atoms with E-state index in [-0.39, 0.29) is 5.75 Å². The second-order valence-corrected chi connectivity index (χ2v) is 4.86. The predicted octanol–water partition coefficient (Wildman–Crippen LogP) is -0.0851. The van der Waals surface area contributed by atoms with Crippen LogP contribution in [0.3, 0.4) is 0 Å². The summed E-state index contributed by atoms with van der Waals surface area (Å²) in [5.41, 5.74) is 0. The van der Waals surface area contributed by atoms with Crippen LogP contribution in [0, 0.1) is 0 Å². The van der Waals surface area contributed by atoms with Crippen molar-refractivity contribution in [2.24, 2.45) is 0 Å². The first-order chi connectivity index (χ1) is 7.08. The summed E-state index contributed by atoms with van der Waals surface area (Å²) in [6, 6.07) is 0. The summed E-state index contributed by atoms with van der Waals surface area (Å²) in [6.07, 6.45) is 1.52. The van der Waals surface area contributed by atoms with Crippen molar-refractivity contribution >= 4 is 39.1 Å². The molecule has 2 N–H and O–H groups in total. The van der Waals surface area contributed by atoms with E-state index >= 15 is 0 Å². The van der Waals surface area contributed by atoms with Crippen LogP contribution in [0.2, 0.25) is 0 Å². The molecule has 1 aromatic heterocycles. The van der Waals surface area contributed by atoms with Gasteiger partial charge in [-0.05, 0) is 0 Å². The Labute approximate surface area is 91.8 Å². The minimum atomic E-state index is -1.68. The molecule has 1 heterocycles. The number of rotatable bonds is 5. The maximum absolute atomic E-state index is 11.2. The Kier molecular flexibility index (Phi) is 4.37. The van der Waals surface area contributed by atoms with Gasteiger partial charge in [0, 0.05) is 22.4 Å². The monoisotopic (exact) mass is 248 g/mol. The molecule has 0 bridgehead atoms. The molecule has 1 atom stereocenters. The summed E-state index contributed by atoms with van der Waals surface area (Å²) in [6.45, 7) is 0. The summed E-state index contributed by atoms with van der Waals surface area (Å²) in [5.74, 6) is -2.53. The summed E-state index contributed by atoms with van der Waals surface area (Å²) >= 11 is 1.23. The highest BCUT2D eigenvalue weighted by atomic mass is 32.2. The SMILES string of the molecule is O=C(O)CS(=O)CC(=O)Nc1nccs1. The maximum atomic E-state index is 11.2. The second kappa shape index (κ2) is 5.56. The lowest BCUT2D eigenvalue weighted by molar-refractivity contribution is -0.133. The van der Waals surface area contributed by atoms with E-state index in [1.165, 1.54) is 17.5 Å². The molecule has 1 aromatic rings. The molecule has 0 fully saturated rings. The average Bonchev–Trinajstić information content (AvgIpc) is 2.53. The summed E-state index contributed by atoms with van der Waals surface area (Å²) < 4.78 is 11.0. The molecule has 0 radical (unpaired) electrons. The number of nitrogens with zero attached hydrogens (tertiary/aromatic N) is 1. The predicted molar refractivity (Wildman–Crippen MR) is 56.3 cm³/mol. The van der Waals surface area contributed by atoms with Crippen molar-refractivity contribution in [1.29, 1.82) is 0 Å². The maximum Gasteiger partial charge on any atom is 0.316 e. The molecule has 0 aliphatic heterocycles. The zero-order valence-corrected chi connectivity index (χ0v) is 9.14. The number of hydrogen-bond donors (Lipinski definition) is 2. The molecule has 1 rings (SSSR count). The lowest BCUT2D eigenvalue weighted by Gasteiger charge is -1.99. The third-order valence-electron chi connectivity index (χ3n) is 1.26. The molecule has 15 heavy (non-hydrogen) atoms. The number of carbonyl (C=O) groups is 2. The average molecular weight is 248 g/mol. The first-order valence-corrected chi connectivity index (χ1v) is 6.21. The normalized spacial score (nSPS) is 12.0. The van der Waals surface area contributed by atoms with E-state index in [0.717, 1.165) is 0 Å². The molecule has 0 aliphatic rings. The molecule has 8 heteroatoms. The highest BCUT2D eigenvalue weighted by Gasteiger charge is 2.12. The van der Waals surface area contributed by atoms with Gasteiger partial charge in [0.05, 0.1) is 0 Å².